The van der Waals surface area contributed by atoms with Crippen molar-refractivity contribution in [2.45, 2.75) is 34.1 Å². The van der Waals surface area contributed by atoms with Crippen LogP contribution >= 0.6 is 95.6 Å². The van der Waals surface area contributed by atoms with Gasteiger partial charge in [-0.05, 0) is 0 Å². The summed E-state index contributed by atoms with van der Waals surface area (Å²) in [4.78, 5) is 37.6. The molecule has 0 unspecified atom stereocenters. The van der Waals surface area contributed by atoms with Gasteiger partial charge in [0, 0.05) is 50.1 Å². The summed E-state index contributed by atoms with van der Waals surface area (Å²) in [5, 5.41) is 1.72. The lowest BCUT2D eigenvalue weighted by molar-refractivity contribution is 0.449. The molecule has 12 heteroatoms. The van der Waals surface area contributed by atoms with Crippen molar-refractivity contribution in [2.75, 3.05) is 16.0 Å². The van der Waals surface area contributed by atoms with Crippen LogP contribution in [0.15, 0.2) is 14.4 Å². The quantitative estimate of drug-likeness (QED) is 0.368. The monoisotopic (exact) mass is 723 g/mol. The fourth-order valence-corrected chi connectivity index (χ4v) is 3.37. The average Bonchev–Trinajstić information content (AvgIpc) is 2.58. The maximum Gasteiger partial charge on any atom is 0.336 e. The Labute approximate surface area is 189 Å². The average molecular weight is 729 g/mol. The van der Waals surface area contributed by atoms with Crippen molar-refractivity contribution in [1.29, 1.82) is 0 Å². The first-order valence-corrected chi connectivity index (χ1v) is 12.9. The first-order valence-electron chi connectivity index (χ1n) is 6.81. The largest absolute Gasteiger partial charge is 0.336 e. The SMILES string of the molecule is O=c1n(C[C@@H](Br)CBr)c(=O)n(C[C@@H](Br)CBr)c(=O)n1C[C@@H](Br)CBr. The van der Waals surface area contributed by atoms with Gasteiger partial charge in [-0.2, -0.15) is 0 Å². The van der Waals surface area contributed by atoms with E-state index in [9.17, 15) is 14.4 Å². The van der Waals surface area contributed by atoms with Gasteiger partial charge in [0.25, 0.3) is 0 Å². The number of halogens is 6. The molecule has 1 aromatic rings. The molecule has 1 rings (SSSR count). The summed E-state index contributed by atoms with van der Waals surface area (Å²) in [6, 6.07) is 0. The van der Waals surface area contributed by atoms with Gasteiger partial charge < -0.3 is 0 Å². The van der Waals surface area contributed by atoms with Crippen LogP contribution in [0.5, 0.6) is 0 Å². The Bertz CT molecular complexity index is 590. The molecule has 1 heterocycles. The van der Waals surface area contributed by atoms with E-state index in [0.29, 0.717) is 16.0 Å². The van der Waals surface area contributed by atoms with Crippen LogP contribution in [0.2, 0.25) is 0 Å². The minimum atomic E-state index is -0.595. The van der Waals surface area contributed by atoms with Crippen LogP contribution in [-0.2, 0) is 19.6 Å². The van der Waals surface area contributed by atoms with Gasteiger partial charge in [0.1, 0.15) is 0 Å². The Morgan fingerprint density at radius 1 is 0.583 bits per heavy atom. The van der Waals surface area contributed by atoms with Gasteiger partial charge in [-0.3, -0.25) is 0 Å². The van der Waals surface area contributed by atoms with E-state index in [4.69, 9.17) is 0 Å². The second kappa shape index (κ2) is 11.2. The Morgan fingerprint density at radius 3 is 0.958 bits per heavy atom. The molecule has 0 N–H and O–H groups in total. The van der Waals surface area contributed by atoms with Gasteiger partial charge >= 0.3 is 17.1 Å². The van der Waals surface area contributed by atoms with Crippen LogP contribution in [0.25, 0.3) is 0 Å². The highest BCUT2D eigenvalue weighted by atomic mass is 79.9. The van der Waals surface area contributed by atoms with Crippen LogP contribution in [0.1, 0.15) is 0 Å². The highest BCUT2D eigenvalue weighted by Gasteiger charge is 2.20. The Morgan fingerprint density at radius 2 is 0.792 bits per heavy atom. The molecule has 0 spiro atoms. The first-order chi connectivity index (χ1) is 11.3. The summed E-state index contributed by atoms with van der Waals surface area (Å²) in [6.07, 6.45) is 0. The number of rotatable bonds is 9. The van der Waals surface area contributed by atoms with Crippen molar-refractivity contribution in [3.63, 3.8) is 0 Å². The zero-order valence-electron chi connectivity index (χ0n) is 12.3. The highest BCUT2D eigenvalue weighted by Crippen LogP contribution is 2.07. The van der Waals surface area contributed by atoms with Gasteiger partial charge in [-0.25, -0.2) is 28.1 Å². The fourth-order valence-electron chi connectivity index (χ4n) is 1.89. The second-order valence-electron chi connectivity index (χ2n) is 4.93. The molecule has 0 aliphatic carbocycles. The Kier molecular flexibility index (Phi) is 10.9. The van der Waals surface area contributed by atoms with Crippen molar-refractivity contribution in [3.05, 3.63) is 31.5 Å². The molecule has 1 aromatic heterocycles. The van der Waals surface area contributed by atoms with Crippen LogP contribution < -0.4 is 17.1 Å². The number of aromatic nitrogens is 3. The molecule has 138 valence electrons. The highest BCUT2D eigenvalue weighted by molar-refractivity contribution is 9.12. The lowest BCUT2D eigenvalue weighted by Crippen LogP contribution is -2.56. The van der Waals surface area contributed by atoms with E-state index in [1.54, 1.807) is 0 Å². The van der Waals surface area contributed by atoms with Gasteiger partial charge in [0.2, 0.25) is 0 Å². The molecular weight excluding hydrogens is 714 g/mol. The molecule has 0 amide bonds. The molecule has 0 saturated heterocycles. The van der Waals surface area contributed by atoms with E-state index in [-0.39, 0.29) is 34.1 Å². The van der Waals surface area contributed by atoms with Gasteiger partial charge in [0.15, 0.2) is 0 Å². The minimum absolute atomic E-state index is 0.103. The molecule has 0 bridgehead atoms. The van der Waals surface area contributed by atoms with Gasteiger partial charge in [-0.15, -0.1) is 0 Å². The number of alkyl halides is 6. The molecule has 24 heavy (non-hydrogen) atoms. The van der Waals surface area contributed by atoms with Crippen LogP contribution in [0.3, 0.4) is 0 Å². The number of hydrogen-bond acceptors (Lipinski definition) is 3. The zero-order chi connectivity index (χ0) is 18.4. The predicted molar refractivity (Wildman–Crippen MR) is 119 cm³/mol. The first kappa shape index (κ1) is 23.3. The lowest BCUT2D eigenvalue weighted by atomic mass is 10.4. The van der Waals surface area contributed by atoms with Crippen molar-refractivity contribution in [2.24, 2.45) is 0 Å². The molecular formula is C12H15Br6N3O3. The third-order valence-electron chi connectivity index (χ3n) is 3.03. The summed E-state index contributed by atoms with van der Waals surface area (Å²) in [5.74, 6) is 0. The van der Waals surface area contributed by atoms with Gasteiger partial charge in [0.05, 0.1) is 0 Å². The Balaban J connectivity index is 3.55. The van der Waals surface area contributed by atoms with E-state index < -0.39 is 17.1 Å². The maximum atomic E-state index is 12.6. The van der Waals surface area contributed by atoms with Crippen molar-refractivity contribution < 1.29 is 0 Å². The standard InChI is InChI=1S/C12H15Br6N3O3/c13-1-7(16)4-19-10(22)20(5-8(17)2-14)12(24)21(11(19)23)6-9(18)3-15/h7-9H,1-6H2/t7-,8-,9-/m0/s1. The van der Waals surface area contributed by atoms with E-state index in [2.05, 4.69) is 95.6 Å². The number of nitrogens with zero attached hydrogens (tertiary/aromatic N) is 3. The zero-order valence-corrected chi connectivity index (χ0v) is 21.8. The van der Waals surface area contributed by atoms with Crippen molar-refractivity contribution >= 4 is 95.6 Å². The molecule has 0 aromatic carbocycles. The van der Waals surface area contributed by atoms with Crippen molar-refractivity contribution in [1.82, 2.24) is 13.7 Å². The van der Waals surface area contributed by atoms with Crippen molar-refractivity contribution in [3.8, 4) is 0 Å². The van der Waals surface area contributed by atoms with Gasteiger partial charge in [-0.1, -0.05) is 95.6 Å². The molecule has 3 atom stereocenters. The topological polar surface area (TPSA) is 66.0 Å². The molecule has 6 nitrogen and oxygen atoms in total. The summed E-state index contributed by atoms with van der Waals surface area (Å²) < 4.78 is 3.30. The van der Waals surface area contributed by atoms with Crippen LogP contribution in [0, 0.1) is 0 Å². The fraction of sp³-hybridized carbons (Fsp3) is 0.750. The summed E-state index contributed by atoms with van der Waals surface area (Å²) >= 11 is 20.1. The van der Waals surface area contributed by atoms with E-state index in [1.807, 2.05) is 0 Å². The number of hydrogen-bond donors (Lipinski definition) is 0. The minimum Gasteiger partial charge on any atom is -0.247 e. The van der Waals surface area contributed by atoms with Crippen LogP contribution in [-0.4, -0.2) is 44.2 Å². The van der Waals surface area contributed by atoms with E-state index in [0.717, 1.165) is 13.7 Å². The maximum absolute atomic E-state index is 12.6. The molecule has 0 fully saturated rings. The van der Waals surface area contributed by atoms with Crippen LogP contribution in [0.4, 0.5) is 0 Å². The Hall–Kier alpha value is 1.29. The molecule has 0 aliphatic rings. The molecule has 0 saturated carbocycles. The summed E-state index contributed by atoms with van der Waals surface area (Å²) in [5.41, 5.74) is -1.79. The molecule has 0 radical (unpaired) electrons. The second-order valence-corrected chi connectivity index (χ2v) is 10.8. The predicted octanol–water partition coefficient (Wildman–Crippen LogP) is 2.65. The third-order valence-corrected chi connectivity index (χ3v) is 9.82. The third kappa shape index (κ3) is 6.17. The summed E-state index contributed by atoms with van der Waals surface area (Å²) in [7, 11) is 0. The summed E-state index contributed by atoms with van der Waals surface area (Å²) in [6.45, 7) is 0.517. The van der Waals surface area contributed by atoms with E-state index in [1.165, 1.54) is 0 Å². The molecule has 0 aliphatic heterocycles. The van der Waals surface area contributed by atoms with E-state index >= 15 is 0 Å². The smallest absolute Gasteiger partial charge is 0.247 e. The normalized spacial score (nSPS) is 15.2. The lowest BCUT2D eigenvalue weighted by Gasteiger charge is -2.17.